The van der Waals surface area contributed by atoms with Crippen LogP contribution in [0.2, 0.25) is 0 Å². The third-order valence-electron chi connectivity index (χ3n) is 3.44. The average Bonchev–Trinajstić information content (AvgIpc) is 3.11. The molecule has 0 atom stereocenters. The molecule has 1 aliphatic rings. The first-order valence-corrected chi connectivity index (χ1v) is 6.37. The van der Waals surface area contributed by atoms with Crippen molar-refractivity contribution in [1.29, 1.82) is 0 Å². The van der Waals surface area contributed by atoms with Gasteiger partial charge in [0.2, 0.25) is 6.79 Å². The second-order valence-electron chi connectivity index (χ2n) is 4.73. The number of rotatable bonds is 2. The number of aromatic hydroxyl groups is 1. The fourth-order valence-electron chi connectivity index (χ4n) is 2.39. The number of phenolic OH excluding ortho intramolecular Hbond substituents is 1. The van der Waals surface area contributed by atoms with Gasteiger partial charge in [-0.1, -0.05) is 0 Å². The van der Waals surface area contributed by atoms with Crippen molar-refractivity contribution in [2.24, 2.45) is 0 Å². The topological polar surface area (TPSA) is 68.9 Å². The summed E-state index contributed by atoms with van der Waals surface area (Å²) in [5.74, 6) is 1.07. The summed E-state index contributed by atoms with van der Waals surface area (Å²) in [5.41, 5.74) is 1.43. The van der Waals surface area contributed by atoms with Crippen molar-refractivity contribution in [2.75, 3.05) is 6.79 Å². The molecule has 5 nitrogen and oxygen atoms in total. The second-order valence-corrected chi connectivity index (χ2v) is 4.73. The number of hydrogen-bond acceptors (Lipinski definition) is 5. The average molecular weight is 282 g/mol. The first kappa shape index (κ1) is 11.8. The quantitative estimate of drug-likeness (QED) is 0.731. The Morgan fingerprint density at radius 3 is 2.81 bits per heavy atom. The molecule has 0 saturated carbocycles. The molecule has 21 heavy (non-hydrogen) atoms. The number of ketones is 1. The molecule has 0 saturated heterocycles. The predicted molar refractivity (Wildman–Crippen MR) is 73.9 cm³/mol. The van der Waals surface area contributed by atoms with Crippen molar-refractivity contribution in [2.45, 2.75) is 0 Å². The lowest BCUT2D eigenvalue weighted by atomic mass is 10.0. The van der Waals surface area contributed by atoms with E-state index in [1.54, 1.807) is 24.3 Å². The van der Waals surface area contributed by atoms with Crippen molar-refractivity contribution >= 4 is 16.8 Å². The van der Waals surface area contributed by atoms with Gasteiger partial charge in [0.1, 0.15) is 17.6 Å². The van der Waals surface area contributed by atoms with Crippen LogP contribution in [0, 0.1) is 0 Å². The Labute approximate surface area is 119 Å². The lowest BCUT2D eigenvalue weighted by Crippen LogP contribution is -2.00. The maximum atomic E-state index is 12.6. The van der Waals surface area contributed by atoms with E-state index in [2.05, 4.69) is 0 Å². The van der Waals surface area contributed by atoms with Gasteiger partial charge in [-0.05, 0) is 36.4 Å². The fourth-order valence-corrected chi connectivity index (χ4v) is 2.39. The molecule has 104 valence electrons. The summed E-state index contributed by atoms with van der Waals surface area (Å²) in [6.45, 7) is 0.162. The summed E-state index contributed by atoms with van der Waals surface area (Å²) in [6, 6.07) is 9.68. The van der Waals surface area contributed by atoms with Crippen LogP contribution in [0.4, 0.5) is 0 Å². The number of carbonyl (C=O) groups is 1. The van der Waals surface area contributed by atoms with Gasteiger partial charge in [-0.3, -0.25) is 4.79 Å². The minimum absolute atomic E-state index is 0.0867. The number of furan rings is 1. The first-order valence-electron chi connectivity index (χ1n) is 6.37. The van der Waals surface area contributed by atoms with Crippen LogP contribution in [-0.4, -0.2) is 17.7 Å². The molecule has 5 heteroatoms. The summed E-state index contributed by atoms with van der Waals surface area (Å²) in [4.78, 5) is 12.6. The molecule has 1 N–H and O–H groups in total. The number of hydrogen-bond donors (Lipinski definition) is 1. The van der Waals surface area contributed by atoms with Crippen molar-refractivity contribution in [3.63, 3.8) is 0 Å². The van der Waals surface area contributed by atoms with Gasteiger partial charge in [-0.15, -0.1) is 0 Å². The highest BCUT2D eigenvalue weighted by molar-refractivity contribution is 6.16. The molecule has 3 aromatic rings. The van der Waals surface area contributed by atoms with E-state index in [1.165, 1.54) is 18.4 Å². The summed E-state index contributed by atoms with van der Waals surface area (Å²) < 4.78 is 15.9. The lowest BCUT2D eigenvalue weighted by molar-refractivity contribution is 0.103. The van der Waals surface area contributed by atoms with Crippen LogP contribution in [0.25, 0.3) is 11.0 Å². The molecule has 0 fully saturated rings. The highest BCUT2D eigenvalue weighted by Crippen LogP contribution is 2.34. The maximum Gasteiger partial charge on any atom is 0.231 e. The molecule has 2 aromatic carbocycles. The molecule has 0 bridgehead atoms. The lowest BCUT2D eigenvalue weighted by Gasteiger charge is -2.01. The molecule has 2 heterocycles. The van der Waals surface area contributed by atoms with Crippen molar-refractivity contribution < 1.29 is 23.8 Å². The monoisotopic (exact) mass is 282 g/mol. The molecule has 0 radical (unpaired) electrons. The van der Waals surface area contributed by atoms with E-state index in [4.69, 9.17) is 13.9 Å². The number of benzene rings is 2. The van der Waals surface area contributed by atoms with Gasteiger partial charge in [0, 0.05) is 10.9 Å². The number of phenols is 1. The number of ether oxygens (including phenoxy) is 2. The standard InChI is InChI=1S/C16H10O5/c17-10-2-4-13-11(6-10)12(7-19-13)16(18)9-1-3-14-15(5-9)21-8-20-14/h1-7,17H,8H2. The molecular weight excluding hydrogens is 272 g/mol. The van der Waals surface area contributed by atoms with E-state index in [9.17, 15) is 9.90 Å². The van der Waals surface area contributed by atoms with Gasteiger partial charge in [0.05, 0.1) is 5.56 Å². The van der Waals surface area contributed by atoms with Gasteiger partial charge < -0.3 is 19.0 Å². The van der Waals surface area contributed by atoms with Crippen molar-refractivity contribution in [3.8, 4) is 17.2 Å². The third kappa shape index (κ3) is 1.82. The van der Waals surface area contributed by atoms with Crippen LogP contribution in [-0.2, 0) is 0 Å². The molecule has 4 rings (SSSR count). The van der Waals surface area contributed by atoms with Crippen LogP contribution in [0.5, 0.6) is 17.2 Å². The normalized spacial score (nSPS) is 12.8. The Morgan fingerprint density at radius 2 is 1.90 bits per heavy atom. The number of carbonyl (C=O) groups excluding carboxylic acids is 1. The Morgan fingerprint density at radius 1 is 1.05 bits per heavy atom. The SMILES string of the molecule is O=C(c1ccc2c(c1)OCO2)c1coc2ccc(O)cc12. The zero-order chi connectivity index (χ0) is 14.4. The largest absolute Gasteiger partial charge is 0.508 e. The van der Waals surface area contributed by atoms with Gasteiger partial charge in [0.25, 0.3) is 0 Å². The van der Waals surface area contributed by atoms with Crippen LogP contribution in [0.3, 0.4) is 0 Å². The molecule has 1 aliphatic heterocycles. The molecule has 0 spiro atoms. The van der Waals surface area contributed by atoms with Gasteiger partial charge >= 0.3 is 0 Å². The summed E-state index contributed by atoms with van der Waals surface area (Å²) in [7, 11) is 0. The third-order valence-corrected chi connectivity index (χ3v) is 3.44. The van der Waals surface area contributed by atoms with E-state index in [0.717, 1.165) is 0 Å². The van der Waals surface area contributed by atoms with Crippen molar-refractivity contribution in [3.05, 3.63) is 53.8 Å². The van der Waals surface area contributed by atoms with E-state index < -0.39 is 0 Å². The Kier molecular flexibility index (Phi) is 2.41. The number of fused-ring (bicyclic) bond motifs is 2. The highest BCUT2D eigenvalue weighted by Gasteiger charge is 2.20. The van der Waals surface area contributed by atoms with Gasteiger partial charge in [0.15, 0.2) is 17.3 Å². The van der Waals surface area contributed by atoms with Crippen molar-refractivity contribution in [1.82, 2.24) is 0 Å². The highest BCUT2D eigenvalue weighted by atomic mass is 16.7. The van der Waals surface area contributed by atoms with Crippen LogP contribution < -0.4 is 9.47 Å². The van der Waals surface area contributed by atoms with Crippen LogP contribution in [0.15, 0.2) is 47.1 Å². The fraction of sp³-hybridized carbons (Fsp3) is 0.0625. The van der Waals surface area contributed by atoms with Crippen LogP contribution in [0.1, 0.15) is 15.9 Å². The molecule has 0 unspecified atom stereocenters. The van der Waals surface area contributed by atoms with E-state index >= 15 is 0 Å². The summed E-state index contributed by atoms with van der Waals surface area (Å²) in [6.07, 6.45) is 1.40. The molecular formula is C16H10O5. The van der Waals surface area contributed by atoms with Gasteiger partial charge in [-0.2, -0.15) is 0 Å². The van der Waals surface area contributed by atoms with E-state index in [0.29, 0.717) is 33.6 Å². The summed E-state index contributed by atoms with van der Waals surface area (Å²) >= 11 is 0. The molecule has 0 aliphatic carbocycles. The minimum atomic E-state index is -0.197. The maximum absolute atomic E-state index is 12.6. The zero-order valence-corrected chi connectivity index (χ0v) is 10.8. The zero-order valence-electron chi connectivity index (χ0n) is 10.8. The van der Waals surface area contributed by atoms with Crippen LogP contribution >= 0.6 is 0 Å². The Hall–Kier alpha value is -2.95. The second kappa shape index (κ2) is 4.28. The Balaban J connectivity index is 1.81. The minimum Gasteiger partial charge on any atom is -0.508 e. The Bertz CT molecular complexity index is 862. The molecule has 1 aromatic heterocycles. The smallest absolute Gasteiger partial charge is 0.231 e. The molecule has 0 amide bonds. The first-order chi connectivity index (χ1) is 10.2. The van der Waals surface area contributed by atoms with Gasteiger partial charge in [-0.25, -0.2) is 0 Å². The van der Waals surface area contributed by atoms with E-state index in [-0.39, 0.29) is 18.3 Å². The summed E-state index contributed by atoms with van der Waals surface area (Å²) in [5, 5.41) is 10.1. The van der Waals surface area contributed by atoms with E-state index in [1.807, 2.05) is 0 Å². The predicted octanol–water partition coefficient (Wildman–Crippen LogP) is 3.10.